The first kappa shape index (κ1) is 15.8. The molecule has 116 valence electrons. The van der Waals surface area contributed by atoms with Gasteiger partial charge in [-0.3, -0.25) is 10.2 Å². The molecular weight excluding hydrogens is 262 g/mol. The van der Waals surface area contributed by atoms with Crippen LogP contribution in [0.5, 0.6) is 0 Å². The summed E-state index contributed by atoms with van der Waals surface area (Å²) in [5, 5.41) is 14.6. The summed E-state index contributed by atoms with van der Waals surface area (Å²) < 4.78 is 0. The molecule has 0 aliphatic rings. The van der Waals surface area contributed by atoms with Crippen LogP contribution in [0.3, 0.4) is 0 Å². The molecule has 0 saturated heterocycles. The summed E-state index contributed by atoms with van der Waals surface area (Å²) in [6.07, 6.45) is 3.33. The van der Waals surface area contributed by atoms with E-state index in [4.69, 9.17) is 0 Å². The van der Waals surface area contributed by atoms with Gasteiger partial charge in [0.1, 0.15) is 0 Å². The van der Waals surface area contributed by atoms with Crippen LogP contribution in [0.25, 0.3) is 0 Å². The molecule has 5 nitrogen and oxygen atoms in total. The Balaban J connectivity index is 1.74. The van der Waals surface area contributed by atoms with Gasteiger partial charge < -0.3 is 4.90 Å². The minimum atomic E-state index is 1.06. The molecule has 0 aliphatic heterocycles. The smallest absolute Gasteiger partial charge is 0.0626 e. The van der Waals surface area contributed by atoms with E-state index in [1.54, 1.807) is 0 Å². The molecule has 0 atom stereocenters. The first-order valence-electron chi connectivity index (χ1n) is 7.68. The van der Waals surface area contributed by atoms with Crippen LogP contribution >= 0.6 is 0 Å². The maximum atomic E-state index is 4.26. The number of aromatic nitrogens is 4. The van der Waals surface area contributed by atoms with Gasteiger partial charge in [-0.1, -0.05) is 0 Å². The molecule has 0 radical (unpaired) electrons. The van der Waals surface area contributed by atoms with E-state index in [0.29, 0.717) is 0 Å². The molecule has 21 heavy (non-hydrogen) atoms. The number of aryl methyl sites for hydroxylation is 4. The van der Waals surface area contributed by atoms with Gasteiger partial charge in [-0.25, -0.2) is 0 Å². The van der Waals surface area contributed by atoms with Gasteiger partial charge in [-0.05, 0) is 71.7 Å². The Morgan fingerprint density at radius 3 is 1.81 bits per heavy atom. The monoisotopic (exact) mass is 289 g/mol. The third kappa shape index (κ3) is 3.94. The number of aromatic amines is 2. The van der Waals surface area contributed by atoms with E-state index in [-0.39, 0.29) is 0 Å². The van der Waals surface area contributed by atoms with Gasteiger partial charge in [-0.2, -0.15) is 10.2 Å². The Labute approximate surface area is 127 Å². The van der Waals surface area contributed by atoms with Crippen molar-refractivity contribution in [3.63, 3.8) is 0 Å². The highest BCUT2D eigenvalue weighted by Crippen LogP contribution is 2.13. The first-order chi connectivity index (χ1) is 9.99. The Bertz CT molecular complexity index is 543. The minimum Gasteiger partial charge on any atom is -0.306 e. The van der Waals surface area contributed by atoms with E-state index in [2.05, 4.69) is 60.0 Å². The molecule has 2 N–H and O–H groups in total. The Morgan fingerprint density at radius 1 is 0.810 bits per heavy atom. The molecule has 2 aromatic heterocycles. The number of H-pyrrole nitrogens is 2. The highest BCUT2D eigenvalue weighted by atomic mass is 15.1. The zero-order valence-corrected chi connectivity index (χ0v) is 13.9. The molecule has 0 bridgehead atoms. The number of nitrogens with one attached hydrogen (secondary N) is 2. The van der Waals surface area contributed by atoms with E-state index < -0.39 is 0 Å². The van der Waals surface area contributed by atoms with Gasteiger partial charge >= 0.3 is 0 Å². The van der Waals surface area contributed by atoms with E-state index >= 15 is 0 Å². The molecule has 0 spiro atoms. The SMILES string of the molecule is Cc1n[nH]c(C)c1CCCN(C)CCc1c(C)n[nH]c1C. The Hall–Kier alpha value is -1.62. The number of hydrogen-bond donors (Lipinski definition) is 2. The summed E-state index contributed by atoms with van der Waals surface area (Å²) in [4.78, 5) is 2.40. The number of hydrogen-bond acceptors (Lipinski definition) is 3. The van der Waals surface area contributed by atoms with Gasteiger partial charge in [0.25, 0.3) is 0 Å². The number of likely N-dealkylation sites (N-methyl/N-ethyl adjacent to an activating group) is 1. The second-order valence-corrected chi connectivity index (χ2v) is 5.98. The summed E-state index contributed by atoms with van der Waals surface area (Å²) in [6, 6.07) is 0. The molecule has 0 unspecified atom stereocenters. The van der Waals surface area contributed by atoms with Crippen molar-refractivity contribution in [3.05, 3.63) is 33.9 Å². The second kappa shape index (κ2) is 6.89. The highest BCUT2D eigenvalue weighted by Gasteiger charge is 2.09. The summed E-state index contributed by atoms with van der Waals surface area (Å²) in [6.45, 7) is 10.5. The topological polar surface area (TPSA) is 60.6 Å². The molecule has 2 heterocycles. The molecule has 5 heteroatoms. The maximum Gasteiger partial charge on any atom is 0.0626 e. The highest BCUT2D eigenvalue weighted by molar-refractivity contribution is 5.24. The quantitative estimate of drug-likeness (QED) is 0.823. The van der Waals surface area contributed by atoms with Gasteiger partial charge in [0.2, 0.25) is 0 Å². The average molecular weight is 289 g/mol. The number of rotatable bonds is 7. The van der Waals surface area contributed by atoms with Crippen LogP contribution in [0.4, 0.5) is 0 Å². The van der Waals surface area contributed by atoms with Crippen molar-refractivity contribution in [1.29, 1.82) is 0 Å². The minimum absolute atomic E-state index is 1.06. The lowest BCUT2D eigenvalue weighted by Gasteiger charge is -2.16. The molecule has 0 aromatic carbocycles. The molecule has 0 fully saturated rings. The molecule has 0 amide bonds. The van der Waals surface area contributed by atoms with Crippen LogP contribution in [0, 0.1) is 27.7 Å². The van der Waals surface area contributed by atoms with Crippen LogP contribution in [0.2, 0.25) is 0 Å². The third-order valence-electron chi connectivity index (χ3n) is 4.27. The van der Waals surface area contributed by atoms with Crippen molar-refractivity contribution in [2.75, 3.05) is 20.1 Å². The van der Waals surface area contributed by atoms with Crippen molar-refractivity contribution in [3.8, 4) is 0 Å². The van der Waals surface area contributed by atoms with E-state index in [1.165, 1.54) is 28.9 Å². The summed E-state index contributed by atoms with van der Waals surface area (Å²) >= 11 is 0. The fourth-order valence-corrected chi connectivity index (χ4v) is 2.83. The largest absolute Gasteiger partial charge is 0.306 e. The summed E-state index contributed by atoms with van der Waals surface area (Å²) in [5.41, 5.74) is 7.42. The normalized spacial score (nSPS) is 11.5. The molecule has 0 aliphatic carbocycles. The summed E-state index contributed by atoms with van der Waals surface area (Å²) in [5.74, 6) is 0. The molecule has 2 rings (SSSR count). The van der Waals surface area contributed by atoms with Crippen molar-refractivity contribution in [2.24, 2.45) is 0 Å². The van der Waals surface area contributed by atoms with Crippen molar-refractivity contribution < 1.29 is 0 Å². The van der Waals surface area contributed by atoms with Crippen LogP contribution in [-0.2, 0) is 12.8 Å². The van der Waals surface area contributed by atoms with E-state index in [1.807, 2.05) is 0 Å². The fraction of sp³-hybridized carbons (Fsp3) is 0.625. The van der Waals surface area contributed by atoms with Crippen LogP contribution < -0.4 is 0 Å². The molecule has 0 saturated carbocycles. The van der Waals surface area contributed by atoms with E-state index in [0.717, 1.165) is 37.3 Å². The first-order valence-corrected chi connectivity index (χ1v) is 7.68. The summed E-state index contributed by atoms with van der Waals surface area (Å²) in [7, 11) is 2.19. The predicted molar refractivity (Wildman–Crippen MR) is 85.6 cm³/mol. The van der Waals surface area contributed by atoms with Gasteiger partial charge in [0.15, 0.2) is 0 Å². The lowest BCUT2D eigenvalue weighted by molar-refractivity contribution is 0.333. The lowest BCUT2D eigenvalue weighted by Crippen LogP contribution is -2.23. The molecular formula is C16H27N5. The standard InChI is InChI=1S/C16H27N5/c1-11-15(12(2)18-17-11)7-6-9-21(5)10-8-16-13(3)19-20-14(16)4/h6-10H2,1-5H3,(H,17,18)(H,19,20). The molecule has 2 aromatic rings. The van der Waals surface area contributed by atoms with E-state index in [9.17, 15) is 0 Å². The predicted octanol–water partition coefficient (Wildman–Crippen LogP) is 2.47. The van der Waals surface area contributed by atoms with Crippen LogP contribution in [0.15, 0.2) is 0 Å². The Kier molecular flexibility index (Phi) is 5.17. The van der Waals surface area contributed by atoms with Gasteiger partial charge in [-0.15, -0.1) is 0 Å². The third-order valence-corrected chi connectivity index (χ3v) is 4.27. The maximum absolute atomic E-state index is 4.26. The van der Waals surface area contributed by atoms with Crippen LogP contribution in [0.1, 0.15) is 40.3 Å². The van der Waals surface area contributed by atoms with Crippen molar-refractivity contribution in [2.45, 2.75) is 47.0 Å². The zero-order chi connectivity index (χ0) is 15.4. The van der Waals surface area contributed by atoms with Crippen molar-refractivity contribution >= 4 is 0 Å². The second-order valence-electron chi connectivity index (χ2n) is 5.98. The zero-order valence-electron chi connectivity index (χ0n) is 13.9. The van der Waals surface area contributed by atoms with Crippen LogP contribution in [-0.4, -0.2) is 45.4 Å². The number of nitrogens with zero attached hydrogens (tertiary/aromatic N) is 3. The van der Waals surface area contributed by atoms with Gasteiger partial charge in [0, 0.05) is 17.9 Å². The average Bonchev–Trinajstić information content (AvgIpc) is 2.93. The fourth-order valence-electron chi connectivity index (χ4n) is 2.83. The Morgan fingerprint density at radius 2 is 1.33 bits per heavy atom. The lowest BCUT2D eigenvalue weighted by atomic mass is 10.1. The van der Waals surface area contributed by atoms with Crippen molar-refractivity contribution in [1.82, 2.24) is 25.3 Å². The van der Waals surface area contributed by atoms with Gasteiger partial charge in [0.05, 0.1) is 11.4 Å².